The summed E-state index contributed by atoms with van der Waals surface area (Å²) in [5.74, 6) is 0. The molecule has 2 aromatic rings. The van der Waals surface area contributed by atoms with Crippen LogP contribution in [0.5, 0.6) is 0 Å². The Hall–Kier alpha value is -2.21. The van der Waals surface area contributed by atoms with E-state index in [0.29, 0.717) is 16.6 Å². The molecule has 1 N–H and O–H groups in total. The molecule has 21 heavy (non-hydrogen) atoms. The third-order valence-electron chi connectivity index (χ3n) is 3.34. The first kappa shape index (κ1) is 13.8. The molecule has 3 rings (SSSR count). The van der Waals surface area contributed by atoms with E-state index in [1.165, 1.54) is 12.3 Å². The number of benzene rings is 2. The van der Waals surface area contributed by atoms with Crippen LogP contribution in [0.1, 0.15) is 16.7 Å². The average molecular weight is 290 g/mol. The van der Waals surface area contributed by atoms with Gasteiger partial charge in [-0.2, -0.15) is 13.2 Å². The molecule has 1 heterocycles. The molecular formula is C15H10BF3O2. The Bertz CT molecular complexity index is 696. The van der Waals surface area contributed by atoms with Crippen molar-refractivity contribution in [1.82, 2.24) is 0 Å². The standard InChI is InChI=1S/C15H10BF3O2/c17-15(18,19)11-6-7-14-12(8-11)13(9-21-16(14)20)10-4-2-1-3-5-10/h1-9,20H. The maximum Gasteiger partial charge on any atom is 0.560 e. The van der Waals surface area contributed by atoms with Crippen molar-refractivity contribution >= 4 is 18.2 Å². The molecule has 0 saturated carbocycles. The van der Waals surface area contributed by atoms with Crippen molar-refractivity contribution in [2.24, 2.45) is 0 Å². The van der Waals surface area contributed by atoms with Crippen molar-refractivity contribution in [3.63, 3.8) is 0 Å². The second-order valence-corrected chi connectivity index (χ2v) is 4.69. The van der Waals surface area contributed by atoms with Gasteiger partial charge in [0.1, 0.15) is 0 Å². The minimum atomic E-state index is -4.43. The Labute approximate surface area is 119 Å². The van der Waals surface area contributed by atoms with Crippen LogP contribution in [0, 0.1) is 0 Å². The summed E-state index contributed by atoms with van der Waals surface area (Å²) < 4.78 is 43.7. The maximum atomic E-state index is 12.9. The zero-order valence-electron chi connectivity index (χ0n) is 10.8. The molecule has 0 fully saturated rings. The first-order valence-corrected chi connectivity index (χ1v) is 6.27. The normalized spacial score (nSPS) is 14.3. The lowest BCUT2D eigenvalue weighted by molar-refractivity contribution is -0.137. The third-order valence-corrected chi connectivity index (χ3v) is 3.34. The largest absolute Gasteiger partial charge is 0.560 e. The van der Waals surface area contributed by atoms with Gasteiger partial charge in [0.2, 0.25) is 0 Å². The van der Waals surface area contributed by atoms with Gasteiger partial charge in [-0.05, 0) is 17.2 Å². The van der Waals surface area contributed by atoms with Crippen molar-refractivity contribution in [2.45, 2.75) is 6.18 Å². The number of fused-ring (bicyclic) bond motifs is 1. The highest BCUT2D eigenvalue weighted by Gasteiger charge is 2.34. The predicted octanol–water partition coefficient (Wildman–Crippen LogP) is 2.81. The second-order valence-electron chi connectivity index (χ2n) is 4.69. The molecule has 1 aliphatic heterocycles. The first-order chi connectivity index (χ1) is 9.97. The van der Waals surface area contributed by atoms with Crippen molar-refractivity contribution in [3.05, 3.63) is 71.5 Å². The maximum absolute atomic E-state index is 12.9. The summed E-state index contributed by atoms with van der Waals surface area (Å²) in [6.45, 7) is 0. The number of hydrogen-bond donors (Lipinski definition) is 1. The summed E-state index contributed by atoms with van der Waals surface area (Å²) in [6.07, 6.45) is -3.14. The van der Waals surface area contributed by atoms with Gasteiger partial charge in [-0.15, -0.1) is 0 Å². The Balaban J connectivity index is 2.16. The Morgan fingerprint density at radius 3 is 2.38 bits per heavy atom. The molecule has 0 saturated heterocycles. The van der Waals surface area contributed by atoms with Gasteiger partial charge in [-0.1, -0.05) is 42.5 Å². The summed E-state index contributed by atoms with van der Waals surface area (Å²) in [4.78, 5) is 0. The number of rotatable bonds is 1. The number of alkyl halides is 3. The van der Waals surface area contributed by atoms with E-state index in [2.05, 4.69) is 0 Å². The van der Waals surface area contributed by atoms with Crippen LogP contribution < -0.4 is 5.46 Å². The lowest BCUT2D eigenvalue weighted by Crippen LogP contribution is -2.37. The van der Waals surface area contributed by atoms with E-state index in [-0.39, 0.29) is 0 Å². The molecule has 2 aromatic carbocycles. The van der Waals surface area contributed by atoms with E-state index >= 15 is 0 Å². The minimum absolute atomic E-state index is 0.323. The summed E-state index contributed by atoms with van der Waals surface area (Å²) >= 11 is 0. The van der Waals surface area contributed by atoms with E-state index in [1.807, 2.05) is 6.07 Å². The molecule has 0 amide bonds. The highest BCUT2D eigenvalue weighted by Crippen LogP contribution is 2.33. The summed E-state index contributed by atoms with van der Waals surface area (Å²) in [7, 11) is -1.25. The SMILES string of the molecule is OB1OC=C(c2ccccc2)c2cc(C(F)(F)F)ccc21. The van der Waals surface area contributed by atoms with Crippen molar-refractivity contribution in [2.75, 3.05) is 0 Å². The molecule has 0 bridgehead atoms. The van der Waals surface area contributed by atoms with Crippen LogP contribution in [-0.2, 0) is 10.8 Å². The van der Waals surface area contributed by atoms with E-state index in [9.17, 15) is 18.2 Å². The number of halogens is 3. The van der Waals surface area contributed by atoms with Gasteiger partial charge < -0.3 is 9.68 Å². The van der Waals surface area contributed by atoms with Crippen LogP contribution in [0.2, 0.25) is 0 Å². The molecule has 2 nitrogen and oxygen atoms in total. The molecule has 0 radical (unpaired) electrons. The third kappa shape index (κ3) is 2.54. The van der Waals surface area contributed by atoms with Gasteiger partial charge in [0.15, 0.2) is 0 Å². The summed E-state index contributed by atoms with van der Waals surface area (Å²) in [5, 5.41) is 9.77. The monoisotopic (exact) mass is 290 g/mol. The molecule has 6 heteroatoms. The van der Waals surface area contributed by atoms with Gasteiger partial charge in [-0.3, -0.25) is 0 Å². The zero-order chi connectivity index (χ0) is 15.0. The van der Waals surface area contributed by atoms with Gasteiger partial charge in [0.25, 0.3) is 0 Å². The molecule has 0 aromatic heterocycles. The van der Waals surface area contributed by atoms with Crippen LogP contribution in [0.3, 0.4) is 0 Å². The summed E-state index contributed by atoms with van der Waals surface area (Å²) in [5.41, 5.74) is 1.14. The Kier molecular flexibility index (Phi) is 3.25. The molecule has 0 aliphatic carbocycles. The van der Waals surface area contributed by atoms with Crippen LogP contribution in [0.4, 0.5) is 13.2 Å². The fourth-order valence-electron chi connectivity index (χ4n) is 2.29. The highest BCUT2D eigenvalue weighted by molar-refractivity contribution is 6.62. The van der Waals surface area contributed by atoms with E-state index in [0.717, 1.165) is 17.7 Å². The fraction of sp³-hybridized carbons (Fsp3) is 0.0667. The summed E-state index contributed by atoms with van der Waals surface area (Å²) in [6, 6.07) is 12.2. The second kappa shape index (κ2) is 4.97. The van der Waals surface area contributed by atoms with Crippen LogP contribution in [-0.4, -0.2) is 12.1 Å². The van der Waals surface area contributed by atoms with E-state index < -0.39 is 18.9 Å². The van der Waals surface area contributed by atoms with Gasteiger partial charge in [0.05, 0.1) is 11.8 Å². The fourth-order valence-corrected chi connectivity index (χ4v) is 2.29. The van der Waals surface area contributed by atoms with Crippen LogP contribution in [0.15, 0.2) is 54.8 Å². The number of hydrogen-bond acceptors (Lipinski definition) is 2. The van der Waals surface area contributed by atoms with E-state index in [1.54, 1.807) is 24.3 Å². The van der Waals surface area contributed by atoms with Crippen molar-refractivity contribution < 1.29 is 22.8 Å². The lowest BCUT2D eigenvalue weighted by Gasteiger charge is -2.22. The van der Waals surface area contributed by atoms with E-state index in [4.69, 9.17) is 4.65 Å². The molecule has 0 atom stereocenters. The average Bonchev–Trinajstić information content (AvgIpc) is 2.47. The van der Waals surface area contributed by atoms with Gasteiger partial charge >= 0.3 is 13.3 Å². The van der Waals surface area contributed by atoms with Gasteiger partial charge in [-0.25, -0.2) is 0 Å². The smallest absolute Gasteiger partial charge is 0.538 e. The van der Waals surface area contributed by atoms with Crippen molar-refractivity contribution in [3.8, 4) is 0 Å². The van der Waals surface area contributed by atoms with Gasteiger partial charge in [0, 0.05) is 11.0 Å². The topological polar surface area (TPSA) is 29.5 Å². The van der Waals surface area contributed by atoms with Crippen LogP contribution >= 0.6 is 0 Å². The zero-order valence-corrected chi connectivity index (χ0v) is 10.8. The first-order valence-electron chi connectivity index (χ1n) is 6.27. The predicted molar refractivity (Wildman–Crippen MR) is 73.7 cm³/mol. The molecule has 0 spiro atoms. The van der Waals surface area contributed by atoms with Crippen molar-refractivity contribution in [1.29, 1.82) is 0 Å². The lowest BCUT2D eigenvalue weighted by atomic mass is 9.72. The molecule has 0 unspecified atom stereocenters. The quantitative estimate of drug-likeness (QED) is 0.818. The molecule has 106 valence electrons. The molecular weight excluding hydrogens is 280 g/mol. The molecule has 1 aliphatic rings. The Morgan fingerprint density at radius 1 is 1.00 bits per heavy atom. The van der Waals surface area contributed by atoms with Crippen LogP contribution in [0.25, 0.3) is 5.57 Å². The highest BCUT2D eigenvalue weighted by atomic mass is 19.4. The Morgan fingerprint density at radius 2 is 1.71 bits per heavy atom. The minimum Gasteiger partial charge on any atom is -0.538 e.